The summed E-state index contributed by atoms with van der Waals surface area (Å²) < 4.78 is 14.8. The Balaban J connectivity index is 0.600. The van der Waals surface area contributed by atoms with Gasteiger partial charge < -0.3 is 13.7 Å². The molecule has 572 valence electrons. The fraction of sp³-hybridized carbons (Fsp3) is 0.0175. The zero-order valence-corrected chi connectivity index (χ0v) is 67.4. The SMILES string of the molecule is C1=c2c(n(-c3nc4c(ccc5cc(-c6cccc(-n7c8ccccc8c8c(-c9nc(-n%10c%11ccccc%11c%11cc%12c(cc%11%10)c%10cccc%11c%10n%12-c%10ccccc%10-c%10ccccc%10-%11)nc%10c9ccc9ccccc9%10)cccc87)c6)ccc54)nc3-c3ccc4c(c3)sc3ccccc34)c3cc4c5cccc6c5n(c4cc23)-c2ccccc2-c2ccccc2-6)=CCC1. The van der Waals surface area contributed by atoms with E-state index in [-0.39, 0.29) is 0 Å². The maximum Gasteiger partial charge on any atom is 0.235 e. The number of nitrogens with zero attached hydrogens (tertiary/aromatic N) is 9. The summed E-state index contributed by atoms with van der Waals surface area (Å²) in [6.45, 7) is 0. The highest BCUT2D eigenvalue weighted by Crippen LogP contribution is 2.52. The molecule has 18 aromatic carbocycles. The third-order valence-corrected chi connectivity index (χ3v) is 28.5. The number of benzene rings is 18. The van der Waals surface area contributed by atoms with E-state index in [9.17, 15) is 0 Å². The highest BCUT2D eigenvalue weighted by Gasteiger charge is 2.32. The average Bonchev–Trinajstić information content (AvgIpc) is 1.57. The highest BCUT2D eigenvalue weighted by atomic mass is 32.1. The van der Waals surface area contributed by atoms with Crippen molar-refractivity contribution in [2.45, 2.75) is 12.8 Å². The van der Waals surface area contributed by atoms with E-state index in [2.05, 4.69) is 393 Å². The smallest absolute Gasteiger partial charge is 0.235 e. The Bertz CT molecular complexity index is 9550. The number of fused-ring (bicyclic) bond motifs is 34. The number of hydrogen-bond donors (Lipinski definition) is 0. The van der Waals surface area contributed by atoms with Gasteiger partial charge in [-0.15, -0.1) is 11.3 Å². The van der Waals surface area contributed by atoms with Gasteiger partial charge in [0, 0.05) is 129 Å². The minimum atomic E-state index is 0.611. The molecule has 26 aromatic rings. The Morgan fingerprint density at radius 2 is 0.766 bits per heavy atom. The lowest BCUT2D eigenvalue weighted by Crippen LogP contribution is -2.31. The van der Waals surface area contributed by atoms with Gasteiger partial charge in [-0.1, -0.05) is 273 Å². The third kappa shape index (κ3) is 9.04. The molecular formula is C114H65N9S. The van der Waals surface area contributed by atoms with Gasteiger partial charge in [0.1, 0.15) is 5.69 Å². The lowest BCUT2D eigenvalue weighted by atomic mass is 9.94. The van der Waals surface area contributed by atoms with Crippen LogP contribution >= 0.6 is 11.3 Å². The van der Waals surface area contributed by atoms with Crippen LogP contribution < -0.4 is 10.6 Å². The molecule has 2 aliphatic heterocycles. The van der Waals surface area contributed by atoms with Crippen LogP contribution in [0.5, 0.6) is 0 Å². The van der Waals surface area contributed by atoms with Crippen molar-refractivity contribution in [1.82, 2.24) is 42.8 Å². The normalized spacial score (nSPS) is 12.9. The van der Waals surface area contributed by atoms with Crippen molar-refractivity contribution in [2.24, 2.45) is 0 Å². The first-order valence-corrected chi connectivity index (χ1v) is 43.5. The number of aromatic nitrogens is 9. The first-order valence-electron chi connectivity index (χ1n) is 42.7. The van der Waals surface area contributed by atoms with E-state index in [0.29, 0.717) is 5.95 Å². The zero-order chi connectivity index (χ0) is 80.4. The van der Waals surface area contributed by atoms with Gasteiger partial charge in [0.2, 0.25) is 5.95 Å². The molecule has 0 unspecified atom stereocenters. The van der Waals surface area contributed by atoms with Crippen LogP contribution in [0.25, 0.3) is 281 Å². The Hall–Kier alpha value is -16.1. The van der Waals surface area contributed by atoms with E-state index in [0.717, 1.165) is 161 Å². The predicted octanol–water partition coefficient (Wildman–Crippen LogP) is 28.2. The molecule has 0 atom stereocenters. The molecular weight excluding hydrogens is 1530 g/mol. The quantitative estimate of drug-likeness (QED) is 0.155. The summed E-state index contributed by atoms with van der Waals surface area (Å²) in [7, 11) is 0. The van der Waals surface area contributed by atoms with E-state index >= 15 is 0 Å². The fourth-order valence-electron chi connectivity index (χ4n) is 22.1. The lowest BCUT2D eigenvalue weighted by molar-refractivity contribution is 0.982. The monoisotopic (exact) mass is 1590 g/mol. The second-order valence-corrected chi connectivity index (χ2v) is 34.8. The van der Waals surface area contributed by atoms with E-state index in [1.54, 1.807) is 0 Å². The summed E-state index contributed by atoms with van der Waals surface area (Å²) >= 11 is 1.84. The Labute approximate surface area is 711 Å². The van der Waals surface area contributed by atoms with Crippen LogP contribution in [0.2, 0.25) is 0 Å². The zero-order valence-electron chi connectivity index (χ0n) is 66.6. The largest absolute Gasteiger partial charge is 0.309 e. The summed E-state index contributed by atoms with van der Waals surface area (Å²) in [5.74, 6) is 1.42. The molecule has 8 aromatic heterocycles. The molecule has 0 amide bonds. The molecule has 0 spiro atoms. The Kier molecular flexibility index (Phi) is 13.3. The summed E-state index contributed by atoms with van der Waals surface area (Å²) in [4.78, 5) is 23.7. The number of rotatable bonds is 6. The second kappa shape index (κ2) is 24.8. The van der Waals surface area contributed by atoms with Crippen LogP contribution in [0.3, 0.4) is 0 Å². The molecule has 9 nitrogen and oxygen atoms in total. The van der Waals surface area contributed by atoms with Crippen molar-refractivity contribution < 1.29 is 0 Å². The molecule has 0 fully saturated rings. The Morgan fingerprint density at radius 3 is 1.52 bits per heavy atom. The first-order chi connectivity index (χ1) is 61.5. The van der Waals surface area contributed by atoms with Crippen molar-refractivity contribution in [3.05, 3.63) is 368 Å². The molecule has 10 heterocycles. The minimum Gasteiger partial charge on any atom is -0.309 e. The van der Waals surface area contributed by atoms with Crippen LogP contribution in [0, 0.1) is 0 Å². The van der Waals surface area contributed by atoms with Crippen LogP contribution in [0.1, 0.15) is 12.8 Å². The molecule has 29 rings (SSSR count). The Morgan fingerprint density at radius 1 is 0.250 bits per heavy atom. The van der Waals surface area contributed by atoms with Crippen LogP contribution in [0.4, 0.5) is 0 Å². The topological polar surface area (TPSA) is 76.2 Å². The number of para-hydroxylation sites is 6. The van der Waals surface area contributed by atoms with Gasteiger partial charge in [0.25, 0.3) is 0 Å². The second-order valence-electron chi connectivity index (χ2n) is 33.7. The van der Waals surface area contributed by atoms with Crippen molar-refractivity contribution in [3.8, 4) is 107 Å². The lowest BCUT2D eigenvalue weighted by Gasteiger charge is -2.15. The van der Waals surface area contributed by atoms with Gasteiger partial charge in [0.15, 0.2) is 5.82 Å². The van der Waals surface area contributed by atoms with Crippen LogP contribution in [-0.2, 0) is 0 Å². The average molecular weight is 1590 g/mol. The van der Waals surface area contributed by atoms with Gasteiger partial charge in [-0.2, -0.15) is 0 Å². The first kappa shape index (κ1) is 66.7. The standard InChI is InChI=1S/C114H65N9S/c1-2-26-70-64(23-1)49-55-88-108(70)117-114(123-97-45-16-10-34-79(97)90-61-101-92(63-103(90)123)85-40-21-38-83-75-30-6-4-28-73(75)77-32-8-14-43-95(77)121(101)112(83)85)118-109(88)87-41-22-47-99-106(87)86-36-11-17-46-98(86)119(99)69-25-19-24-65(58-69)66-50-53-71-67(57-66)52-56-93-110(71)116-113(107(115-93)68-51-54-81-80-35-12-18-48-104(80)124-105(81)59-68)122-96-44-15-9-33-78(96)89-60-100-91(62-102(89)122)84-39-20-37-82-74-29-5-3-27-72(74)76-31-7-13-42-94(76)120(100)111(82)84/h1-8,10-14,16-63H,9,15H2. The molecule has 0 N–H and O–H groups in total. The molecule has 0 saturated heterocycles. The van der Waals surface area contributed by atoms with Crippen molar-refractivity contribution >= 4 is 185 Å². The maximum atomic E-state index is 6.06. The fourth-order valence-corrected chi connectivity index (χ4v) is 23.2. The van der Waals surface area contributed by atoms with E-state index in [1.807, 2.05) is 11.3 Å². The van der Waals surface area contributed by atoms with Gasteiger partial charge in [0.05, 0.1) is 88.6 Å². The summed E-state index contributed by atoms with van der Waals surface area (Å²) in [6.07, 6.45) is 6.76. The van der Waals surface area contributed by atoms with Crippen LogP contribution in [-0.4, -0.2) is 42.8 Å². The van der Waals surface area contributed by atoms with Gasteiger partial charge in [-0.05, 0) is 154 Å². The molecule has 124 heavy (non-hydrogen) atoms. The highest BCUT2D eigenvalue weighted by molar-refractivity contribution is 7.25. The summed E-state index contributed by atoms with van der Waals surface area (Å²) in [5, 5.41) is 20.7. The number of thiophene rings is 1. The van der Waals surface area contributed by atoms with Crippen LogP contribution in [0.15, 0.2) is 358 Å². The molecule has 0 bridgehead atoms. The van der Waals surface area contributed by atoms with Gasteiger partial charge >= 0.3 is 0 Å². The molecule has 1 aliphatic carbocycles. The summed E-state index contributed by atoms with van der Waals surface area (Å²) in [5.41, 5.74) is 31.9. The predicted molar refractivity (Wildman–Crippen MR) is 517 cm³/mol. The van der Waals surface area contributed by atoms with Gasteiger partial charge in [-0.3, -0.25) is 9.13 Å². The van der Waals surface area contributed by atoms with Crippen molar-refractivity contribution in [3.63, 3.8) is 0 Å². The van der Waals surface area contributed by atoms with E-state index < -0.39 is 0 Å². The molecule has 3 aliphatic rings. The molecule has 0 radical (unpaired) electrons. The minimum absolute atomic E-state index is 0.611. The number of hydrogen-bond acceptors (Lipinski definition) is 5. The van der Waals surface area contributed by atoms with E-state index in [4.69, 9.17) is 19.9 Å². The summed E-state index contributed by atoms with van der Waals surface area (Å²) in [6, 6.07) is 133. The van der Waals surface area contributed by atoms with Gasteiger partial charge in [-0.25, -0.2) is 19.9 Å². The van der Waals surface area contributed by atoms with Crippen molar-refractivity contribution in [1.29, 1.82) is 0 Å². The molecule has 10 heteroatoms. The van der Waals surface area contributed by atoms with Crippen molar-refractivity contribution in [2.75, 3.05) is 0 Å². The third-order valence-electron chi connectivity index (χ3n) is 27.4. The maximum absolute atomic E-state index is 6.06. The molecule has 0 saturated carbocycles. The van der Waals surface area contributed by atoms with E-state index in [1.165, 1.54) is 125 Å².